The van der Waals surface area contributed by atoms with Crippen molar-refractivity contribution in [2.45, 2.75) is 19.6 Å². The monoisotopic (exact) mass is 452 g/mol. The molecule has 5 rings (SSSR count). The number of ether oxygens (including phenoxy) is 2. The van der Waals surface area contributed by atoms with Gasteiger partial charge >= 0.3 is 0 Å². The lowest BCUT2D eigenvalue weighted by Gasteiger charge is -2.34. The van der Waals surface area contributed by atoms with E-state index in [1.54, 1.807) is 18.2 Å². The largest absolute Gasteiger partial charge is 0.454 e. The molecular weight excluding hydrogens is 427 g/mol. The van der Waals surface area contributed by atoms with E-state index >= 15 is 0 Å². The Labute approximate surface area is 190 Å². The van der Waals surface area contributed by atoms with Crippen molar-refractivity contribution in [3.8, 4) is 11.5 Å². The second kappa shape index (κ2) is 9.60. The molecule has 2 aliphatic heterocycles. The number of piperazine rings is 1. The summed E-state index contributed by atoms with van der Waals surface area (Å²) in [5.74, 6) is 1.37. The first-order valence-corrected chi connectivity index (χ1v) is 10.9. The normalized spacial score (nSPS) is 16.2. The van der Waals surface area contributed by atoms with E-state index < -0.39 is 0 Å². The number of nitrogens with zero attached hydrogens (tertiary/aromatic N) is 3. The number of aromatic nitrogens is 1. The maximum Gasteiger partial charge on any atom is 0.273 e. The molecule has 1 saturated heterocycles. The topological polar surface area (TPSA) is 80.1 Å². The van der Waals surface area contributed by atoms with E-state index in [1.165, 1.54) is 17.9 Å². The quantitative estimate of drug-likeness (QED) is 0.591. The van der Waals surface area contributed by atoms with Gasteiger partial charge in [-0.3, -0.25) is 14.6 Å². The van der Waals surface area contributed by atoms with Crippen LogP contribution in [-0.2, 0) is 19.6 Å². The third kappa shape index (κ3) is 5.15. The van der Waals surface area contributed by atoms with Crippen LogP contribution in [0.1, 0.15) is 27.5 Å². The molecule has 2 aromatic carbocycles. The molecule has 9 heteroatoms. The van der Waals surface area contributed by atoms with E-state index in [-0.39, 0.29) is 30.8 Å². The predicted octanol–water partition coefficient (Wildman–Crippen LogP) is 2.79. The van der Waals surface area contributed by atoms with Gasteiger partial charge in [-0.15, -0.1) is 0 Å². The summed E-state index contributed by atoms with van der Waals surface area (Å²) >= 11 is 0. The predicted molar refractivity (Wildman–Crippen MR) is 117 cm³/mol. The zero-order chi connectivity index (χ0) is 22.6. The smallest absolute Gasteiger partial charge is 0.273 e. The Kier molecular flexibility index (Phi) is 6.23. The second-order valence-corrected chi connectivity index (χ2v) is 8.14. The molecule has 1 amide bonds. The van der Waals surface area contributed by atoms with Crippen LogP contribution in [0.15, 0.2) is 53.1 Å². The molecule has 0 atom stereocenters. The highest BCUT2D eigenvalue weighted by Gasteiger charge is 2.21. The molecule has 8 nitrogen and oxygen atoms in total. The number of nitrogens with one attached hydrogen (secondary N) is 1. The third-order valence-electron chi connectivity index (χ3n) is 5.85. The summed E-state index contributed by atoms with van der Waals surface area (Å²) in [5.41, 5.74) is 1.82. The van der Waals surface area contributed by atoms with Crippen LogP contribution >= 0.6 is 0 Å². The third-order valence-corrected chi connectivity index (χ3v) is 5.85. The van der Waals surface area contributed by atoms with Crippen LogP contribution in [0.2, 0.25) is 0 Å². The molecule has 0 saturated carbocycles. The Morgan fingerprint density at radius 2 is 1.76 bits per heavy atom. The number of fused-ring (bicyclic) bond motifs is 1. The molecule has 0 spiro atoms. The van der Waals surface area contributed by atoms with Gasteiger partial charge in [0.05, 0.1) is 6.54 Å². The highest BCUT2D eigenvalue weighted by molar-refractivity contribution is 5.91. The first-order chi connectivity index (χ1) is 16.1. The van der Waals surface area contributed by atoms with E-state index in [2.05, 4.69) is 26.2 Å². The van der Waals surface area contributed by atoms with Crippen LogP contribution in [0.25, 0.3) is 0 Å². The summed E-state index contributed by atoms with van der Waals surface area (Å²) in [6, 6.07) is 12.4. The van der Waals surface area contributed by atoms with Crippen LogP contribution in [-0.4, -0.2) is 53.7 Å². The standard InChI is InChI=1S/C24H25FN4O4/c25-19-4-2-1-3-18(19)12-26-24(30)20-15-31-23(27-20)14-29-9-7-28(8-10-29)13-17-5-6-21-22(11-17)33-16-32-21/h1-6,11,15H,7-10,12-14,16H2,(H,26,30). The summed E-state index contributed by atoms with van der Waals surface area (Å²) in [4.78, 5) is 21.3. The highest BCUT2D eigenvalue weighted by Crippen LogP contribution is 2.32. The number of hydrogen-bond acceptors (Lipinski definition) is 7. The SMILES string of the molecule is O=C(NCc1ccccc1F)c1coc(CN2CCN(Cc3ccc4c(c3)OCO4)CC2)n1. The molecule has 1 fully saturated rings. The van der Waals surface area contributed by atoms with Crippen molar-refractivity contribution in [1.82, 2.24) is 20.1 Å². The van der Waals surface area contributed by atoms with Crippen LogP contribution in [0.4, 0.5) is 4.39 Å². The molecule has 1 aromatic heterocycles. The summed E-state index contributed by atoms with van der Waals surface area (Å²) < 4.78 is 30.0. The number of carbonyl (C=O) groups is 1. The second-order valence-electron chi connectivity index (χ2n) is 8.14. The molecule has 3 heterocycles. The molecule has 0 radical (unpaired) electrons. The van der Waals surface area contributed by atoms with Gasteiger partial charge in [-0.05, 0) is 23.8 Å². The van der Waals surface area contributed by atoms with E-state index in [9.17, 15) is 9.18 Å². The van der Waals surface area contributed by atoms with Crippen LogP contribution in [0.3, 0.4) is 0 Å². The van der Waals surface area contributed by atoms with E-state index in [1.807, 2.05) is 12.1 Å². The minimum absolute atomic E-state index is 0.0963. The first kappa shape index (κ1) is 21.4. The van der Waals surface area contributed by atoms with Gasteiger partial charge in [0.2, 0.25) is 12.7 Å². The molecular formula is C24H25FN4O4. The first-order valence-electron chi connectivity index (χ1n) is 10.9. The Hall–Kier alpha value is -3.43. The number of rotatable bonds is 7. The Balaban J connectivity index is 1.08. The molecule has 0 unspecified atom stereocenters. The van der Waals surface area contributed by atoms with Crippen molar-refractivity contribution < 1.29 is 23.1 Å². The summed E-state index contributed by atoms with van der Waals surface area (Å²) in [5, 5.41) is 2.68. The maximum absolute atomic E-state index is 13.7. The number of amides is 1. The molecule has 3 aromatic rings. The van der Waals surface area contributed by atoms with Gasteiger partial charge in [-0.2, -0.15) is 0 Å². The fraction of sp³-hybridized carbons (Fsp3) is 0.333. The van der Waals surface area contributed by atoms with Gasteiger partial charge in [-0.1, -0.05) is 24.3 Å². The number of oxazole rings is 1. The average Bonchev–Trinajstić information content (AvgIpc) is 3.49. The van der Waals surface area contributed by atoms with E-state index in [4.69, 9.17) is 13.9 Å². The number of halogens is 1. The average molecular weight is 452 g/mol. The maximum atomic E-state index is 13.7. The van der Waals surface area contributed by atoms with Gasteiger partial charge in [0.15, 0.2) is 17.2 Å². The van der Waals surface area contributed by atoms with Gasteiger partial charge < -0.3 is 19.2 Å². The van der Waals surface area contributed by atoms with Gasteiger partial charge in [0.25, 0.3) is 5.91 Å². The van der Waals surface area contributed by atoms with Gasteiger partial charge in [0, 0.05) is 44.8 Å². The molecule has 1 N–H and O–H groups in total. The molecule has 33 heavy (non-hydrogen) atoms. The number of carbonyl (C=O) groups excluding carboxylic acids is 1. The van der Waals surface area contributed by atoms with Crippen molar-refractivity contribution in [1.29, 1.82) is 0 Å². The van der Waals surface area contributed by atoms with Crippen molar-refractivity contribution in [3.05, 3.63) is 77.3 Å². The van der Waals surface area contributed by atoms with Crippen LogP contribution in [0.5, 0.6) is 11.5 Å². The lowest BCUT2D eigenvalue weighted by atomic mass is 10.1. The van der Waals surface area contributed by atoms with Gasteiger partial charge in [0.1, 0.15) is 12.1 Å². The van der Waals surface area contributed by atoms with E-state index in [0.29, 0.717) is 18.0 Å². The van der Waals surface area contributed by atoms with Crippen molar-refractivity contribution in [3.63, 3.8) is 0 Å². The fourth-order valence-corrected chi connectivity index (χ4v) is 3.99. The Bertz CT molecular complexity index is 1130. The number of hydrogen-bond donors (Lipinski definition) is 1. The molecule has 172 valence electrons. The van der Waals surface area contributed by atoms with Crippen LogP contribution in [0, 0.1) is 5.82 Å². The summed E-state index contributed by atoms with van der Waals surface area (Å²) in [6.07, 6.45) is 1.35. The lowest BCUT2D eigenvalue weighted by Crippen LogP contribution is -2.45. The minimum atomic E-state index is -0.387. The zero-order valence-corrected chi connectivity index (χ0v) is 18.1. The Morgan fingerprint density at radius 3 is 2.58 bits per heavy atom. The molecule has 0 aliphatic carbocycles. The van der Waals surface area contributed by atoms with Crippen molar-refractivity contribution >= 4 is 5.91 Å². The Morgan fingerprint density at radius 1 is 1.00 bits per heavy atom. The van der Waals surface area contributed by atoms with Crippen LogP contribution < -0.4 is 14.8 Å². The lowest BCUT2D eigenvalue weighted by molar-refractivity contribution is 0.0945. The minimum Gasteiger partial charge on any atom is -0.454 e. The highest BCUT2D eigenvalue weighted by atomic mass is 19.1. The van der Waals surface area contributed by atoms with Gasteiger partial charge in [-0.25, -0.2) is 9.37 Å². The summed E-state index contributed by atoms with van der Waals surface area (Å²) in [7, 11) is 0. The zero-order valence-electron chi connectivity index (χ0n) is 18.1. The number of benzene rings is 2. The van der Waals surface area contributed by atoms with E-state index in [0.717, 1.165) is 44.2 Å². The fourth-order valence-electron chi connectivity index (χ4n) is 3.99. The molecule has 2 aliphatic rings. The summed E-state index contributed by atoms with van der Waals surface area (Å²) in [6.45, 7) is 5.38. The van der Waals surface area contributed by atoms with Crippen molar-refractivity contribution in [2.75, 3.05) is 33.0 Å². The van der Waals surface area contributed by atoms with Crippen molar-refractivity contribution in [2.24, 2.45) is 0 Å². The molecule has 0 bridgehead atoms.